The van der Waals surface area contributed by atoms with Crippen molar-refractivity contribution in [2.75, 3.05) is 0 Å². The summed E-state index contributed by atoms with van der Waals surface area (Å²) in [6.45, 7) is 10.2. The van der Waals surface area contributed by atoms with E-state index in [-0.39, 0.29) is 11.9 Å². The number of esters is 1. The van der Waals surface area contributed by atoms with E-state index in [1.807, 2.05) is 6.07 Å². The Kier molecular flexibility index (Phi) is 4.17. The van der Waals surface area contributed by atoms with E-state index in [0.717, 1.165) is 18.4 Å². The molecule has 3 saturated carbocycles. The first-order chi connectivity index (χ1) is 12.5. The highest BCUT2D eigenvalue weighted by Gasteiger charge is 2.57. The summed E-state index contributed by atoms with van der Waals surface area (Å²) in [6.07, 6.45) is 3.52. The van der Waals surface area contributed by atoms with Gasteiger partial charge in [0.15, 0.2) is 0 Å². The highest BCUT2D eigenvalue weighted by atomic mass is 16.7. The molecule has 0 spiro atoms. The first-order valence-corrected chi connectivity index (χ1v) is 9.89. The lowest BCUT2D eigenvalue weighted by Gasteiger charge is -2.62. The zero-order valence-electron chi connectivity index (χ0n) is 16.9. The van der Waals surface area contributed by atoms with E-state index in [0.29, 0.717) is 28.6 Å². The van der Waals surface area contributed by atoms with Crippen molar-refractivity contribution in [2.24, 2.45) is 17.3 Å². The van der Waals surface area contributed by atoms with Crippen LogP contribution in [0.5, 0.6) is 5.75 Å². The van der Waals surface area contributed by atoms with Crippen molar-refractivity contribution in [3.8, 4) is 5.75 Å². The van der Waals surface area contributed by atoms with Gasteiger partial charge in [0.2, 0.25) is 5.79 Å². The molecule has 1 N–H and O–H groups in total. The number of rotatable bonds is 4. The number of para-hydroxylation sites is 1. The number of fused-ring (bicyclic) bond motifs is 3. The summed E-state index contributed by atoms with van der Waals surface area (Å²) in [6, 6.07) is 5.33. The first kappa shape index (κ1) is 18.8. The Hall–Kier alpha value is -1.53. The number of benzene rings is 1. The number of ether oxygens (including phenoxy) is 2. The van der Waals surface area contributed by atoms with Crippen LogP contribution in [0.15, 0.2) is 18.2 Å². The molecule has 2 bridgehead atoms. The maximum Gasteiger partial charge on any atom is 0.459 e. The smallest absolute Gasteiger partial charge is 0.452 e. The molecule has 2 unspecified atom stereocenters. The number of carbonyl (C=O) groups excluding carboxylic acids is 1. The molecule has 1 aromatic rings. The molecule has 0 radical (unpaired) electrons. The SMILES string of the molecule is CC1(OB(O)Cc2cccc3c2OC(C)(C)OC3=O)CC2CC(C1)C2(C)C. The summed E-state index contributed by atoms with van der Waals surface area (Å²) >= 11 is 0. The van der Waals surface area contributed by atoms with Crippen molar-refractivity contribution >= 4 is 13.1 Å². The average Bonchev–Trinajstić information content (AvgIpc) is 2.54. The first-order valence-electron chi connectivity index (χ1n) is 9.89. The van der Waals surface area contributed by atoms with Crippen molar-refractivity contribution in [1.29, 1.82) is 0 Å². The second kappa shape index (κ2) is 5.98. The number of hydrogen-bond donors (Lipinski definition) is 1. The van der Waals surface area contributed by atoms with Crippen LogP contribution in [0.3, 0.4) is 0 Å². The summed E-state index contributed by atoms with van der Waals surface area (Å²) in [5.41, 5.74) is 1.25. The molecule has 6 heteroatoms. The van der Waals surface area contributed by atoms with Gasteiger partial charge in [-0.1, -0.05) is 26.0 Å². The summed E-state index contributed by atoms with van der Waals surface area (Å²) in [5.74, 6) is 0.390. The van der Waals surface area contributed by atoms with Gasteiger partial charge in [0.05, 0.1) is 5.60 Å². The summed E-state index contributed by atoms with van der Waals surface area (Å²) in [4.78, 5) is 12.2. The van der Waals surface area contributed by atoms with Crippen molar-refractivity contribution in [3.05, 3.63) is 29.3 Å². The standard InChI is InChI=1S/C21H29BO5/c1-19(2)14-9-15(19)11-21(5,10-14)27-22(24)12-13-7-6-8-16-17(13)25-20(3,4)26-18(16)23/h6-8,14-15,24H,9-12H2,1-5H3. The molecule has 0 amide bonds. The quantitative estimate of drug-likeness (QED) is 0.644. The minimum atomic E-state index is -1.02. The Morgan fingerprint density at radius 1 is 1.15 bits per heavy atom. The van der Waals surface area contributed by atoms with Crippen LogP contribution < -0.4 is 4.74 Å². The van der Waals surface area contributed by atoms with Crippen LogP contribution in [-0.4, -0.2) is 29.5 Å². The Morgan fingerprint density at radius 3 is 2.44 bits per heavy atom. The third-order valence-corrected chi connectivity index (χ3v) is 6.85. The summed E-state index contributed by atoms with van der Waals surface area (Å²) in [7, 11) is -0.938. The molecular weight excluding hydrogens is 343 g/mol. The Labute approximate surface area is 161 Å². The minimum Gasteiger partial charge on any atom is -0.452 e. The lowest BCUT2D eigenvalue weighted by Crippen LogP contribution is -2.58. The second-order valence-corrected chi connectivity index (χ2v) is 9.77. The Morgan fingerprint density at radius 2 is 1.81 bits per heavy atom. The largest absolute Gasteiger partial charge is 0.459 e. The molecule has 4 aliphatic rings. The van der Waals surface area contributed by atoms with Crippen LogP contribution in [0.4, 0.5) is 0 Å². The maximum absolute atomic E-state index is 12.2. The maximum atomic E-state index is 12.2. The normalized spacial score (nSPS) is 32.6. The van der Waals surface area contributed by atoms with E-state index < -0.39 is 18.9 Å². The molecule has 1 aromatic carbocycles. The molecule has 1 heterocycles. The molecule has 0 aromatic heterocycles. The average molecular weight is 372 g/mol. The minimum absolute atomic E-state index is 0.279. The van der Waals surface area contributed by atoms with Crippen molar-refractivity contribution in [2.45, 2.75) is 71.6 Å². The fourth-order valence-corrected chi connectivity index (χ4v) is 5.17. The Bertz CT molecular complexity index is 758. The van der Waals surface area contributed by atoms with Gasteiger partial charge in [0.25, 0.3) is 0 Å². The van der Waals surface area contributed by atoms with E-state index in [4.69, 9.17) is 14.1 Å². The van der Waals surface area contributed by atoms with Gasteiger partial charge in [-0.3, -0.25) is 0 Å². The lowest BCUT2D eigenvalue weighted by atomic mass is 9.46. The third kappa shape index (κ3) is 3.27. The summed E-state index contributed by atoms with van der Waals surface area (Å²) < 4.78 is 17.3. The summed E-state index contributed by atoms with van der Waals surface area (Å²) in [5, 5.41) is 10.7. The molecule has 1 aliphatic heterocycles. The van der Waals surface area contributed by atoms with Gasteiger partial charge in [-0.15, -0.1) is 0 Å². The zero-order chi connectivity index (χ0) is 19.6. The van der Waals surface area contributed by atoms with Gasteiger partial charge < -0.3 is 19.2 Å². The molecule has 146 valence electrons. The van der Waals surface area contributed by atoms with Crippen LogP contribution in [0, 0.1) is 17.3 Å². The predicted octanol–water partition coefficient (Wildman–Crippen LogP) is 3.77. The van der Waals surface area contributed by atoms with Gasteiger partial charge in [0.1, 0.15) is 11.3 Å². The molecule has 5 nitrogen and oxygen atoms in total. The van der Waals surface area contributed by atoms with E-state index in [2.05, 4.69) is 20.8 Å². The van der Waals surface area contributed by atoms with E-state index in [1.165, 1.54) is 6.42 Å². The molecule has 0 saturated heterocycles. The van der Waals surface area contributed by atoms with Crippen LogP contribution in [0.25, 0.3) is 0 Å². The van der Waals surface area contributed by atoms with Gasteiger partial charge >= 0.3 is 13.1 Å². The van der Waals surface area contributed by atoms with Crippen molar-refractivity contribution < 1.29 is 23.9 Å². The second-order valence-electron chi connectivity index (χ2n) is 9.77. The van der Waals surface area contributed by atoms with Crippen LogP contribution >= 0.6 is 0 Å². The van der Waals surface area contributed by atoms with Gasteiger partial charge in [0, 0.05) is 20.2 Å². The van der Waals surface area contributed by atoms with Crippen LogP contribution in [0.2, 0.25) is 0 Å². The molecule has 5 rings (SSSR count). The van der Waals surface area contributed by atoms with Gasteiger partial charge in [-0.2, -0.15) is 0 Å². The van der Waals surface area contributed by atoms with Crippen LogP contribution in [0.1, 0.15) is 69.8 Å². The predicted molar refractivity (Wildman–Crippen MR) is 102 cm³/mol. The van der Waals surface area contributed by atoms with Crippen molar-refractivity contribution in [1.82, 2.24) is 0 Å². The number of cyclic esters (lactones) is 1. The number of hydrogen-bond acceptors (Lipinski definition) is 5. The topological polar surface area (TPSA) is 65.0 Å². The molecule has 27 heavy (non-hydrogen) atoms. The fourth-order valence-electron chi connectivity index (χ4n) is 5.17. The highest BCUT2D eigenvalue weighted by molar-refractivity contribution is 6.42. The van der Waals surface area contributed by atoms with Crippen LogP contribution in [-0.2, 0) is 15.7 Å². The fraction of sp³-hybridized carbons (Fsp3) is 0.667. The highest BCUT2D eigenvalue weighted by Crippen LogP contribution is 2.62. The Balaban J connectivity index is 1.48. The third-order valence-electron chi connectivity index (χ3n) is 6.85. The molecule has 3 aliphatic carbocycles. The monoisotopic (exact) mass is 372 g/mol. The lowest BCUT2D eigenvalue weighted by molar-refractivity contribution is -0.153. The van der Waals surface area contributed by atoms with E-state index in [9.17, 15) is 9.82 Å². The van der Waals surface area contributed by atoms with E-state index in [1.54, 1.807) is 26.0 Å². The zero-order valence-corrected chi connectivity index (χ0v) is 16.9. The molecule has 3 fully saturated rings. The van der Waals surface area contributed by atoms with E-state index >= 15 is 0 Å². The van der Waals surface area contributed by atoms with Gasteiger partial charge in [-0.25, -0.2) is 4.79 Å². The number of carbonyl (C=O) groups is 1. The molecular formula is C21H29BO5. The van der Waals surface area contributed by atoms with Crippen molar-refractivity contribution in [3.63, 3.8) is 0 Å². The van der Waals surface area contributed by atoms with Gasteiger partial charge in [-0.05, 0) is 55.1 Å². The molecule has 2 atom stereocenters.